The van der Waals surface area contributed by atoms with E-state index in [0.717, 1.165) is 12.1 Å². The van der Waals surface area contributed by atoms with Crippen LogP contribution in [0.15, 0.2) is 29.2 Å². The van der Waals surface area contributed by atoms with E-state index in [2.05, 4.69) is 0 Å². The van der Waals surface area contributed by atoms with Crippen LogP contribution in [-0.4, -0.2) is 32.7 Å². The molecule has 0 N–H and O–H groups in total. The van der Waals surface area contributed by atoms with Crippen LogP contribution < -0.4 is 0 Å². The molecule has 7 nitrogen and oxygen atoms in total. The zero-order chi connectivity index (χ0) is 13.2. The molecule has 0 saturated carbocycles. The number of nitrogens with zero attached hydrogens (tertiary/aromatic N) is 1. The van der Waals surface area contributed by atoms with Gasteiger partial charge in [0.1, 0.15) is 6.10 Å². The number of para-hydroxylation sites is 1. The summed E-state index contributed by atoms with van der Waals surface area (Å²) in [6.07, 6.45) is -0.116. The lowest BCUT2D eigenvalue weighted by molar-refractivity contribution is -0.387. The van der Waals surface area contributed by atoms with Crippen LogP contribution in [0.5, 0.6) is 0 Å². The van der Waals surface area contributed by atoms with Crippen LogP contribution in [0.3, 0.4) is 0 Å². The predicted molar refractivity (Wildman–Crippen MR) is 60.6 cm³/mol. The van der Waals surface area contributed by atoms with Gasteiger partial charge in [0.15, 0.2) is 4.90 Å². The first kappa shape index (κ1) is 12.9. The predicted octanol–water partition coefficient (Wildman–Crippen LogP) is 1.09. The quantitative estimate of drug-likeness (QED) is 0.463. The molecule has 1 saturated heterocycles. The smallest absolute Gasteiger partial charge is 0.304 e. The molecule has 0 unspecified atom stereocenters. The van der Waals surface area contributed by atoms with Gasteiger partial charge >= 0.3 is 10.1 Å². The fraction of sp³-hybridized carbons (Fsp3) is 0.400. The topological polar surface area (TPSA) is 95.7 Å². The maximum absolute atomic E-state index is 11.9. The molecular formula is C10H11NO6S. The molecule has 0 bridgehead atoms. The van der Waals surface area contributed by atoms with E-state index in [1.807, 2.05) is 0 Å². The van der Waals surface area contributed by atoms with Crippen LogP contribution in [0, 0.1) is 10.1 Å². The zero-order valence-electron chi connectivity index (χ0n) is 9.31. The third kappa shape index (κ3) is 2.66. The fourth-order valence-corrected chi connectivity index (χ4v) is 2.90. The Balaban J connectivity index is 2.31. The van der Waals surface area contributed by atoms with Crippen molar-refractivity contribution in [1.29, 1.82) is 0 Å². The van der Waals surface area contributed by atoms with Crippen LogP contribution in [0.2, 0.25) is 0 Å². The molecule has 1 heterocycles. The summed E-state index contributed by atoms with van der Waals surface area (Å²) >= 11 is 0. The Bertz CT molecular complexity index is 549. The summed E-state index contributed by atoms with van der Waals surface area (Å²) in [5.74, 6) is 0. The fourth-order valence-electron chi connectivity index (χ4n) is 1.64. The molecule has 0 spiro atoms. The molecule has 1 aliphatic rings. The average Bonchev–Trinajstić information content (AvgIpc) is 2.81. The van der Waals surface area contributed by atoms with Crippen molar-refractivity contribution in [2.75, 3.05) is 13.2 Å². The summed E-state index contributed by atoms with van der Waals surface area (Å²) in [6, 6.07) is 5.09. The van der Waals surface area contributed by atoms with E-state index in [1.165, 1.54) is 12.1 Å². The van der Waals surface area contributed by atoms with Crippen molar-refractivity contribution in [2.24, 2.45) is 0 Å². The van der Waals surface area contributed by atoms with Gasteiger partial charge in [0.25, 0.3) is 5.69 Å². The van der Waals surface area contributed by atoms with Gasteiger partial charge in [0.2, 0.25) is 0 Å². The SMILES string of the molecule is O=[N+]([O-])c1ccccc1S(=O)(=O)O[C@@H]1CCOC1. The lowest BCUT2D eigenvalue weighted by atomic mass is 10.3. The van der Waals surface area contributed by atoms with Crippen molar-refractivity contribution in [2.45, 2.75) is 17.4 Å². The molecule has 0 aromatic heterocycles. The third-order valence-corrected chi connectivity index (χ3v) is 3.89. The van der Waals surface area contributed by atoms with Crippen LogP contribution in [0.4, 0.5) is 5.69 Å². The van der Waals surface area contributed by atoms with E-state index in [1.54, 1.807) is 0 Å². The summed E-state index contributed by atoms with van der Waals surface area (Å²) in [5, 5.41) is 10.8. The maximum atomic E-state index is 11.9. The summed E-state index contributed by atoms with van der Waals surface area (Å²) < 4.78 is 33.8. The minimum Gasteiger partial charge on any atom is -0.379 e. The average molecular weight is 273 g/mol. The van der Waals surface area contributed by atoms with E-state index in [0.29, 0.717) is 13.0 Å². The molecule has 1 aromatic rings. The van der Waals surface area contributed by atoms with Gasteiger partial charge in [-0.15, -0.1) is 0 Å². The molecule has 1 fully saturated rings. The highest BCUT2D eigenvalue weighted by molar-refractivity contribution is 7.87. The summed E-state index contributed by atoms with van der Waals surface area (Å²) in [6.45, 7) is 0.608. The zero-order valence-corrected chi connectivity index (χ0v) is 10.1. The molecule has 8 heteroatoms. The molecule has 1 aromatic carbocycles. The van der Waals surface area contributed by atoms with E-state index >= 15 is 0 Å². The van der Waals surface area contributed by atoms with E-state index < -0.39 is 31.7 Å². The Kier molecular flexibility index (Phi) is 3.60. The van der Waals surface area contributed by atoms with Crippen molar-refractivity contribution >= 4 is 15.8 Å². The highest BCUT2D eigenvalue weighted by Gasteiger charge is 2.30. The number of nitro groups is 1. The number of hydrogen-bond acceptors (Lipinski definition) is 6. The summed E-state index contributed by atoms with van der Waals surface area (Å²) in [7, 11) is -4.14. The third-order valence-electron chi connectivity index (χ3n) is 2.48. The Labute approximate surface area is 104 Å². The normalized spacial score (nSPS) is 19.9. The molecule has 0 amide bonds. The minimum atomic E-state index is -4.14. The van der Waals surface area contributed by atoms with Gasteiger partial charge in [-0.25, -0.2) is 0 Å². The number of benzene rings is 1. The van der Waals surface area contributed by atoms with Gasteiger partial charge in [-0.1, -0.05) is 12.1 Å². The van der Waals surface area contributed by atoms with Gasteiger partial charge in [-0.3, -0.25) is 14.3 Å². The first-order chi connectivity index (χ1) is 8.50. The van der Waals surface area contributed by atoms with E-state index in [9.17, 15) is 18.5 Å². The van der Waals surface area contributed by atoms with Gasteiger partial charge in [-0.05, 0) is 6.07 Å². The van der Waals surface area contributed by atoms with Gasteiger partial charge in [0.05, 0.1) is 11.5 Å². The summed E-state index contributed by atoms with van der Waals surface area (Å²) in [5.41, 5.74) is -0.489. The van der Waals surface area contributed by atoms with Gasteiger partial charge < -0.3 is 4.74 Å². The Hall–Kier alpha value is -1.51. The Morgan fingerprint density at radius 3 is 2.72 bits per heavy atom. The highest BCUT2D eigenvalue weighted by Crippen LogP contribution is 2.26. The van der Waals surface area contributed by atoms with Crippen molar-refractivity contribution in [1.82, 2.24) is 0 Å². The second-order valence-electron chi connectivity index (χ2n) is 3.76. The standard InChI is InChI=1S/C10H11NO6S/c12-11(13)9-3-1-2-4-10(9)18(14,15)17-8-5-6-16-7-8/h1-4,8H,5-7H2/t8-/m1/s1. The van der Waals surface area contributed by atoms with Crippen molar-refractivity contribution < 1.29 is 22.3 Å². The minimum absolute atomic E-state index is 0.180. The molecule has 1 atom stereocenters. The molecule has 18 heavy (non-hydrogen) atoms. The first-order valence-electron chi connectivity index (χ1n) is 5.25. The van der Waals surface area contributed by atoms with Gasteiger partial charge in [-0.2, -0.15) is 8.42 Å². The number of hydrogen-bond donors (Lipinski definition) is 0. The highest BCUT2D eigenvalue weighted by atomic mass is 32.2. The molecule has 0 aliphatic carbocycles. The Morgan fingerprint density at radius 2 is 2.11 bits per heavy atom. The number of rotatable bonds is 4. The molecule has 1 aliphatic heterocycles. The number of ether oxygens (including phenoxy) is 1. The summed E-state index contributed by atoms with van der Waals surface area (Å²) in [4.78, 5) is 9.59. The molecular weight excluding hydrogens is 262 g/mol. The second kappa shape index (κ2) is 5.01. The first-order valence-corrected chi connectivity index (χ1v) is 6.66. The lowest BCUT2D eigenvalue weighted by Crippen LogP contribution is -2.19. The van der Waals surface area contributed by atoms with Crippen LogP contribution in [-0.2, 0) is 19.0 Å². The largest absolute Gasteiger partial charge is 0.379 e. The van der Waals surface area contributed by atoms with Crippen LogP contribution >= 0.6 is 0 Å². The molecule has 0 radical (unpaired) electrons. The monoisotopic (exact) mass is 273 g/mol. The van der Waals surface area contributed by atoms with E-state index in [4.69, 9.17) is 8.92 Å². The Morgan fingerprint density at radius 1 is 1.39 bits per heavy atom. The number of nitro benzene ring substituents is 1. The van der Waals surface area contributed by atoms with Crippen LogP contribution in [0.1, 0.15) is 6.42 Å². The van der Waals surface area contributed by atoms with Crippen molar-refractivity contribution in [3.63, 3.8) is 0 Å². The van der Waals surface area contributed by atoms with Gasteiger partial charge in [0, 0.05) is 19.1 Å². The van der Waals surface area contributed by atoms with Crippen LogP contribution in [0.25, 0.3) is 0 Å². The lowest BCUT2D eigenvalue weighted by Gasteiger charge is -2.10. The van der Waals surface area contributed by atoms with Crippen molar-refractivity contribution in [3.05, 3.63) is 34.4 Å². The van der Waals surface area contributed by atoms with E-state index in [-0.39, 0.29) is 6.61 Å². The van der Waals surface area contributed by atoms with Crippen molar-refractivity contribution in [3.8, 4) is 0 Å². The second-order valence-corrected chi connectivity index (χ2v) is 5.30. The molecule has 98 valence electrons. The molecule has 2 rings (SSSR count). The maximum Gasteiger partial charge on any atom is 0.304 e.